The van der Waals surface area contributed by atoms with E-state index in [2.05, 4.69) is 23.7 Å². The molecule has 5 nitrogen and oxygen atoms in total. The van der Waals surface area contributed by atoms with Crippen LogP contribution in [0.2, 0.25) is 0 Å². The molecule has 6 heteroatoms. The van der Waals surface area contributed by atoms with Crippen molar-refractivity contribution >= 4 is 17.6 Å². The fourth-order valence-corrected chi connectivity index (χ4v) is 3.03. The third kappa shape index (κ3) is 4.92. The molecule has 1 spiro atoms. The van der Waals surface area contributed by atoms with Gasteiger partial charge in [0.1, 0.15) is 23.3 Å². The van der Waals surface area contributed by atoms with E-state index in [4.69, 9.17) is 25.8 Å². The first-order valence-corrected chi connectivity index (χ1v) is 8.78. The van der Waals surface area contributed by atoms with Crippen molar-refractivity contribution in [2.24, 2.45) is 5.92 Å². The number of rotatable bonds is 3. The predicted octanol–water partition coefficient (Wildman–Crippen LogP) is 2.36. The Bertz CT molecular complexity index is 638. The fraction of sp³-hybridized carbons (Fsp3) is 0.632. The van der Waals surface area contributed by atoms with Crippen LogP contribution < -0.4 is 0 Å². The predicted molar refractivity (Wildman–Crippen MR) is 93.3 cm³/mol. The van der Waals surface area contributed by atoms with Gasteiger partial charge in [0.25, 0.3) is 0 Å². The normalized spacial score (nSPS) is 32.6. The van der Waals surface area contributed by atoms with Crippen molar-refractivity contribution in [3.05, 3.63) is 11.8 Å². The average molecular weight is 367 g/mol. The number of alkyl halides is 1. The summed E-state index contributed by atoms with van der Waals surface area (Å²) in [4.78, 5) is 11.8. The highest BCUT2D eigenvalue weighted by Gasteiger charge is 2.55. The van der Waals surface area contributed by atoms with Crippen molar-refractivity contribution in [2.75, 3.05) is 6.61 Å². The van der Waals surface area contributed by atoms with Crippen molar-refractivity contribution in [3.8, 4) is 23.7 Å². The van der Waals surface area contributed by atoms with Gasteiger partial charge in [-0.25, -0.2) is 0 Å². The molecule has 0 radical (unpaired) electrons. The van der Waals surface area contributed by atoms with E-state index in [-0.39, 0.29) is 24.6 Å². The second kappa shape index (κ2) is 8.63. The third-order valence-electron chi connectivity index (χ3n) is 3.97. The maximum absolute atomic E-state index is 11.8. The minimum absolute atomic E-state index is 0.158. The van der Waals surface area contributed by atoms with Crippen molar-refractivity contribution in [2.45, 2.75) is 63.4 Å². The molecule has 0 amide bonds. The first-order valence-electron chi connectivity index (χ1n) is 8.35. The van der Waals surface area contributed by atoms with Gasteiger partial charge >= 0.3 is 5.97 Å². The molecule has 0 aromatic heterocycles. The first kappa shape index (κ1) is 19.7. The van der Waals surface area contributed by atoms with Crippen LogP contribution in [0.5, 0.6) is 0 Å². The Morgan fingerprint density at radius 1 is 1.52 bits per heavy atom. The molecule has 1 N–H and O–H groups in total. The lowest BCUT2D eigenvalue weighted by Gasteiger charge is -2.37. The number of ether oxygens (including phenoxy) is 3. The number of halogens is 1. The molecule has 2 aliphatic rings. The quantitative estimate of drug-likeness (QED) is 0.472. The van der Waals surface area contributed by atoms with Gasteiger partial charge in [-0.3, -0.25) is 4.79 Å². The number of carbonyl (C=O) groups excluding carboxylic acids is 1. The smallest absolute Gasteiger partial charge is 0.306 e. The number of hydrogen-bond donors (Lipinski definition) is 1. The Morgan fingerprint density at radius 3 is 2.88 bits per heavy atom. The molecule has 0 aliphatic carbocycles. The fourth-order valence-electron chi connectivity index (χ4n) is 2.74. The summed E-state index contributed by atoms with van der Waals surface area (Å²) in [7, 11) is 0. The van der Waals surface area contributed by atoms with Crippen LogP contribution in [0.1, 0.15) is 40.0 Å². The molecule has 2 saturated heterocycles. The summed E-state index contributed by atoms with van der Waals surface area (Å²) < 4.78 is 16.9. The first-order chi connectivity index (χ1) is 11.9. The van der Waals surface area contributed by atoms with Crippen LogP contribution in [0.3, 0.4) is 0 Å². The zero-order valence-electron chi connectivity index (χ0n) is 14.7. The van der Waals surface area contributed by atoms with Crippen molar-refractivity contribution in [1.29, 1.82) is 0 Å². The molecule has 0 bridgehead atoms. The van der Waals surface area contributed by atoms with E-state index < -0.39 is 17.3 Å². The number of carbonyl (C=O) groups is 1. The summed E-state index contributed by atoms with van der Waals surface area (Å²) in [6.07, 6.45) is 1.41. The standard InChI is InChI=1S/C19H23ClO5/c1-4-5-6-7-8-15-17(20)18(22)19(25-15)10-9-14(12-23-19)24-16(21)11-13(2)3/h8,13-14,17-18,22H,9-12H2,1-3H3/b15-8+/t14-,17-,18+,19+/m0/s1. The van der Waals surface area contributed by atoms with Gasteiger partial charge in [-0.2, -0.15) is 0 Å². The molecule has 2 heterocycles. The van der Waals surface area contributed by atoms with Gasteiger partial charge in [-0.05, 0) is 31.1 Å². The molecular formula is C19H23ClO5. The highest BCUT2D eigenvalue weighted by molar-refractivity contribution is 6.23. The van der Waals surface area contributed by atoms with E-state index in [0.29, 0.717) is 25.0 Å². The van der Waals surface area contributed by atoms with Crippen molar-refractivity contribution < 1.29 is 24.1 Å². The topological polar surface area (TPSA) is 65.0 Å². The van der Waals surface area contributed by atoms with Crippen LogP contribution in [0.25, 0.3) is 0 Å². The summed E-state index contributed by atoms with van der Waals surface area (Å²) in [5.74, 6) is 9.77. The molecule has 0 unspecified atom stereocenters. The summed E-state index contributed by atoms with van der Waals surface area (Å²) >= 11 is 6.23. The molecule has 2 rings (SSSR count). The van der Waals surface area contributed by atoms with E-state index in [1.807, 2.05) is 13.8 Å². The third-order valence-corrected chi connectivity index (χ3v) is 4.42. The Morgan fingerprint density at radius 2 is 2.28 bits per heavy atom. The van der Waals surface area contributed by atoms with Gasteiger partial charge < -0.3 is 19.3 Å². The zero-order chi connectivity index (χ0) is 18.4. The van der Waals surface area contributed by atoms with Gasteiger partial charge in [0.15, 0.2) is 0 Å². The second-order valence-electron chi connectivity index (χ2n) is 6.51. The highest BCUT2D eigenvalue weighted by atomic mass is 35.5. The molecule has 25 heavy (non-hydrogen) atoms. The molecular weight excluding hydrogens is 344 g/mol. The van der Waals surface area contributed by atoms with Gasteiger partial charge in [0.05, 0.1) is 6.61 Å². The molecule has 4 atom stereocenters. The Balaban J connectivity index is 1.96. The lowest BCUT2D eigenvalue weighted by atomic mass is 9.98. The van der Waals surface area contributed by atoms with E-state index in [1.165, 1.54) is 6.08 Å². The lowest BCUT2D eigenvalue weighted by molar-refractivity contribution is -0.271. The number of hydrogen-bond acceptors (Lipinski definition) is 5. The molecule has 0 aromatic rings. The second-order valence-corrected chi connectivity index (χ2v) is 6.98. The average Bonchev–Trinajstić information content (AvgIpc) is 2.78. The summed E-state index contributed by atoms with van der Waals surface area (Å²) in [6.45, 7) is 5.77. The van der Waals surface area contributed by atoms with Crippen LogP contribution in [-0.2, 0) is 19.0 Å². The molecule has 2 aliphatic heterocycles. The van der Waals surface area contributed by atoms with E-state index in [0.717, 1.165) is 0 Å². The number of esters is 1. The maximum Gasteiger partial charge on any atom is 0.306 e. The number of allylic oxidation sites excluding steroid dienone is 1. The van der Waals surface area contributed by atoms with Crippen molar-refractivity contribution in [3.63, 3.8) is 0 Å². The highest BCUT2D eigenvalue weighted by Crippen LogP contribution is 2.43. The summed E-state index contributed by atoms with van der Waals surface area (Å²) in [5.41, 5.74) is 0. The minimum Gasteiger partial charge on any atom is -0.461 e. The van der Waals surface area contributed by atoms with Crippen LogP contribution in [0.15, 0.2) is 11.8 Å². The van der Waals surface area contributed by atoms with Crippen LogP contribution in [0.4, 0.5) is 0 Å². The van der Waals surface area contributed by atoms with Gasteiger partial charge in [0.2, 0.25) is 5.79 Å². The summed E-state index contributed by atoms with van der Waals surface area (Å²) in [6, 6.07) is 0. The Labute approximate surface area is 153 Å². The SMILES string of the molecule is CC#CC#C/C=C1/O[C@]2(CC[C@H](OC(=O)CC(C)C)CO2)[C@H](O)[C@H]1Cl. The largest absolute Gasteiger partial charge is 0.461 e. The van der Waals surface area contributed by atoms with Gasteiger partial charge in [-0.1, -0.05) is 25.7 Å². The molecule has 0 saturated carbocycles. The van der Waals surface area contributed by atoms with Gasteiger partial charge in [0, 0.05) is 18.9 Å². The van der Waals surface area contributed by atoms with Crippen molar-refractivity contribution in [1.82, 2.24) is 0 Å². The zero-order valence-corrected chi connectivity index (χ0v) is 15.4. The molecule has 2 fully saturated rings. The van der Waals surface area contributed by atoms with Crippen LogP contribution in [-0.4, -0.2) is 41.1 Å². The monoisotopic (exact) mass is 366 g/mol. The Hall–Kier alpha value is -1.66. The number of aliphatic hydroxyl groups is 1. The van der Waals surface area contributed by atoms with Crippen LogP contribution >= 0.6 is 11.6 Å². The van der Waals surface area contributed by atoms with Crippen LogP contribution in [0, 0.1) is 29.6 Å². The summed E-state index contributed by atoms with van der Waals surface area (Å²) in [5, 5.41) is 9.68. The lowest BCUT2D eigenvalue weighted by Crippen LogP contribution is -2.50. The maximum atomic E-state index is 11.8. The molecule has 0 aromatic carbocycles. The minimum atomic E-state index is -1.21. The van der Waals surface area contributed by atoms with E-state index in [9.17, 15) is 9.90 Å². The number of aliphatic hydroxyl groups excluding tert-OH is 1. The van der Waals surface area contributed by atoms with Gasteiger partial charge in [-0.15, -0.1) is 11.6 Å². The van der Waals surface area contributed by atoms with E-state index >= 15 is 0 Å². The molecule has 136 valence electrons. The Kier molecular flexibility index (Phi) is 6.79. The van der Waals surface area contributed by atoms with E-state index in [1.54, 1.807) is 6.92 Å².